The van der Waals surface area contributed by atoms with E-state index in [2.05, 4.69) is 41.0 Å². The standard InChI is InChI=1S/C30H31N3O2S/c1-3-23-11-13-25(14-12-23)33-29(34)27(28(30(33)35)36-26-15-9-22(2)10-16-26)32-19-17-31(18-20-32)21-24-7-5-4-6-8-24/h4-16H,3,17-21H2,1-2H3. The average Bonchev–Trinajstić information content (AvgIpc) is 3.15. The van der Waals surface area contributed by atoms with Gasteiger partial charge in [0, 0.05) is 37.6 Å². The maximum absolute atomic E-state index is 13.8. The van der Waals surface area contributed by atoms with Gasteiger partial charge in [-0.3, -0.25) is 14.5 Å². The topological polar surface area (TPSA) is 43.9 Å². The highest BCUT2D eigenvalue weighted by Gasteiger charge is 2.43. The number of nitrogens with zero attached hydrogens (tertiary/aromatic N) is 3. The first-order valence-electron chi connectivity index (χ1n) is 12.5. The summed E-state index contributed by atoms with van der Waals surface area (Å²) in [6, 6.07) is 26.3. The maximum atomic E-state index is 13.8. The van der Waals surface area contributed by atoms with Crippen molar-refractivity contribution in [1.82, 2.24) is 9.80 Å². The number of aryl methyl sites for hydroxylation is 2. The van der Waals surface area contributed by atoms with E-state index in [9.17, 15) is 9.59 Å². The molecule has 0 aromatic heterocycles. The summed E-state index contributed by atoms with van der Waals surface area (Å²) in [7, 11) is 0. The van der Waals surface area contributed by atoms with Crippen LogP contribution in [0.2, 0.25) is 0 Å². The van der Waals surface area contributed by atoms with E-state index in [1.54, 1.807) is 0 Å². The van der Waals surface area contributed by atoms with E-state index in [0.717, 1.165) is 36.5 Å². The van der Waals surface area contributed by atoms with Gasteiger partial charge >= 0.3 is 0 Å². The second-order valence-electron chi connectivity index (χ2n) is 9.31. The minimum atomic E-state index is -0.239. The summed E-state index contributed by atoms with van der Waals surface area (Å²) in [6.45, 7) is 8.13. The first-order valence-corrected chi connectivity index (χ1v) is 13.3. The van der Waals surface area contributed by atoms with Gasteiger partial charge in [0.25, 0.3) is 11.8 Å². The lowest BCUT2D eigenvalue weighted by atomic mass is 10.1. The molecule has 1 fully saturated rings. The van der Waals surface area contributed by atoms with E-state index in [1.165, 1.54) is 27.8 Å². The molecule has 3 aromatic carbocycles. The molecule has 2 amide bonds. The van der Waals surface area contributed by atoms with Gasteiger partial charge in [-0.2, -0.15) is 0 Å². The fourth-order valence-corrected chi connectivity index (χ4v) is 5.68. The first kappa shape index (κ1) is 24.3. The lowest BCUT2D eigenvalue weighted by Crippen LogP contribution is -2.47. The SMILES string of the molecule is CCc1ccc(N2C(=O)C(Sc3ccc(C)cc3)=C(N3CCN(Cc4ccccc4)CC3)C2=O)cc1. The van der Waals surface area contributed by atoms with Crippen molar-refractivity contribution in [3.8, 4) is 0 Å². The molecule has 6 heteroatoms. The Bertz CT molecular complexity index is 1260. The van der Waals surface area contributed by atoms with Crippen LogP contribution in [0.15, 0.2) is 94.4 Å². The van der Waals surface area contributed by atoms with Gasteiger partial charge in [0.2, 0.25) is 0 Å². The predicted molar refractivity (Wildman–Crippen MR) is 146 cm³/mol. The third-order valence-electron chi connectivity index (χ3n) is 6.80. The number of rotatable bonds is 7. The van der Waals surface area contributed by atoms with Gasteiger partial charge in [0.05, 0.1) is 5.69 Å². The molecule has 2 aliphatic rings. The van der Waals surface area contributed by atoms with E-state index in [4.69, 9.17) is 0 Å². The third-order valence-corrected chi connectivity index (χ3v) is 7.88. The van der Waals surface area contributed by atoms with Gasteiger partial charge in [-0.1, -0.05) is 78.8 Å². The molecule has 1 saturated heterocycles. The number of anilines is 1. The van der Waals surface area contributed by atoms with Crippen LogP contribution >= 0.6 is 11.8 Å². The lowest BCUT2D eigenvalue weighted by Gasteiger charge is -2.36. The zero-order chi connectivity index (χ0) is 25.1. The van der Waals surface area contributed by atoms with Crippen molar-refractivity contribution in [2.45, 2.75) is 31.7 Å². The number of carbonyl (C=O) groups excluding carboxylic acids is 2. The van der Waals surface area contributed by atoms with Crippen LogP contribution < -0.4 is 4.90 Å². The summed E-state index contributed by atoms with van der Waals surface area (Å²) in [5.41, 5.74) is 4.78. The molecule has 0 unspecified atom stereocenters. The molecule has 184 valence electrons. The predicted octanol–water partition coefficient (Wildman–Crippen LogP) is 5.25. The highest BCUT2D eigenvalue weighted by molar-refractivity contribution is 8.04. The van der Waals surface area contributed by atoms with Crippen LogP contribution in [0.5, 0.6) is 0 Å². The molecule has 0 N–H and O–H groups in total. The summed E-state index contributed by atoms with van der Waals surface area (Å²) in [5, 5.41) is 0. The van der Waals surface area contributed by atoms with E-state index in [-0.39, 0.29) is 11.8 Å². The average molecular weight is 498 g/mol. The number of imide groups is 1. The Morgan fingerprint density at radius 1 is 0.750 bits per heavy atom. The molecule has 0 bridgehead atoms. The number of piperazine rings is 1. The van der Waals surface area contributed by atoms with Crippen LogP contribution in [0.3, 0.4) is 0 Å². The molecule has 3 aromatic rings. The minimum Gasteiger partial charge on any atom is -0.363 e. The van der Waals surface area contributed by atoms with Gasteiger partial charge in [-0.25, -0.2) is 4.90 Å². The summed E-state index contributed by atoms with van der Waals surface area (Å²) >= 11 is 1.40. The van der Waals surface area contributed by atoms with Gasteiger partial charge in [0.15, 0.2) is 0 Å². The normalized spacial score (nSPS) is 16.8. The van der Waals surface area contributed by atoms with E-state index in [0.29, 0.717) is 29.4 Å². The number of carbonyl (C=O) groups is 2. The van der Waals surface area contributed by atoms with Crippen molar-refractivity contribution in [3.63, 3.8) is 0 Å². The molecular formula is C30H31N3O2S. The second-order valence-corrected chi connectivity index (χ2v) is 10.4. The van der Waals surface area contributed by atoms with Crippen LogP contribution in [0.1, 0.15) is 23.6 Å². The molecule has 0 spiro atoms. The van der Waals surface area contributed by atoms with Gasteiger partial charge in [-0.05, 0) is 48.7 Å². The van der Waals surface area contributed by atoms with Crippen LogP contribution in [-0.2, 0) is 22.6 Å². The zero-order valence-corrected chi connectivity index (χ0v) is 21.6. The van der Waals surface area contributed by atoms with Crippen molar-refractivity contribution in [2.75, 3.05) is 31.1 Å². The van der Waals surface area contributed by atoms with Crippen molar-refractivity contribution in [1.29, 1.82) is 0 Å². The maximum Gasteiger partial charge on any atom is 0.283 e. The van der Waals surface area contributed by atoms with Crippen molar-refractivity contribution in [2.24, 2.45) is 0 Å². The molecule has 2 aliphatic heterocycles. The number of benzene rings is 3. The number of amides is 2. The minimum absolute atomic E-state index is 0.227. The fourth-order valence-electron chi connectivity index (χ4n) is 4.68. The van der Waals surface area contributed by atoms with Crippen molar-refractivity contribution < 1.29 is 9.59 Å². The Kier molecular flexibility index (Phi) is 7.25. The Balaban J connectivity index is 1.40. The monoisotopic (exact) mass is 497 g/mol. The van der Waals surface area contributed by atoms with E-state index >= 15 is 0 Å². The first-order chi connectivity index (χ1) is 17.5. The zero-order valence-electron chi connectivity index (χ0n) is 20.8. The molecule has 0 aliphatic carbocycles. The molecule has 36 heavy (non-hydrogen) atoms. The quantitative estimate of drug-likeness (QED) is 0.417. The van der Waals surface area contributed by atoms with Crippen molar-refractivity contribution in [3.05, 3.63) is 106 Å². The van der Waals surface area contributed by atoms with E-state index in [1.807, 2.05) is 61.5 Å². The largest absolute Gasteiger partial charge is 0.363 e. The number of hydrogen-bond acceptors (Lipinski definition) is 5. The van der Waals surface area contributed by atoms with Gasteiger partial charge in [0.1, 0.15) is 10.6 Å². The molecule has 0 atom stereocenters. The lowest BCUT2D eigenvalue weighted by molar-refractivity contribution is -0.121. The second kappa shape index (κ2) is 10.7. The van der Waals surface area contributed by atoms with Crippen LogP contribution in [0, 0.1) is 6.92 Å². The summed E-state index contributed by atoms with van der Waals surface area (Å²) in [6.07, 6.45) is 0.910. The highest BCUT2D eigenvalue weighted by Crippen LogP contribution is 2.39. The highest BCUT2D eigenvalue weighted by atomic mass is 32.2. The summed E-state index contributed by atoms with van der Waals surface area (Å²) < 4.78 is 0. The Morgan fingerprint density at radius 3 is 2.06 bits per heavy atom. The molecule has 2 heterocycles. The number of thioether (sulfide) groups is 1. The Hall–Kier alpha value is -3.35. The summed E-state index contributed by atoms with van der Waals surface area (Å²) in [4.78, 5) is 34.8. The summed E-state index contributed by atoms with van der Waals surface area (Å²) in [5.74, 6) is -0.466. The van der Waals surface area contributed by atoms with Crippen LogP contribution in [0.4, 0.5) is 5.69 Å². The number of hydrogen-bond donors (Lipinski definition) is 0. The third kappa shape index (κ3) is 5.11. The van der Waals surface area contributed by atoms with E-state index < -0.39 is 0 Å². The van der Waals surface area contributed by atoms with Crippen LogP contribution in [0.25, 0.3) is 0 Å². The smallest absolute Gasteiger partial charge is 0.283 e. The molecule has 0 saturated carbocycles. The molecule has 5 rings (SSSR count). The van der Waals surface area contributed by atoms with Gasteiger partial charge in [-0.15, -0.1) is 0 Å². The van der Waals surface area contributed by atoms with Crippen molar-refractivity contribution >= 4 is 29.3 Å². The Labute approximate surface area is 217 Å². The van der Waals surface area contributed by atoms with Crippen LogP contribution in [-0.4, -0.2) is 47.8 Å². The van der Waals surface area contributed by atoms with Gasteiger partial charge < -0.3 is 4.90 Å². The molecular weight excluding hydrogens is 466 g/mol. The fraction of sp³-hybridized carbons (Fsp3) is 0.267. The molecule has 5 nitrogen and oxygen atoms in total. The molecule has 0 radical (unpaired) electrons. The Morgan fingerprint density at radius 2 is 1.42 bits per heavy atom.